The van der Waals surface area contributed by atoms with Crippen molar-refractivity contribution in [3.05, 3.63) is 29.6 Å². The van der Waals surface area contributed by atoms with E-state index in [1.807, 2.05) is 13.8 Å². The average molecular weight is 195 g/mol. The van der Waals surface area contributed by atoms with Crippen molar-refractivity contribution >= 4 is 11.5 Å². The van der Waals surface area contributed by atoms with Crippen LogP contribution in [0.15, 0.2) is 18.2 Å². The molecule has 4 heteroatoms. The predicted octanol–water partition coefficient (Wildman–Crippen LogP) is 1.93. The van der Waals surface area contributed by atoms with Crippen LogP contribution in [0.2, 0.25) is 0 Å². The van der Waals surface area contributed by atoms with E-state index in [0.717, 1.165) is 0 Å². The van der Waals surface area contributed by atoms with Crippen molar-refractivity contribution in [1.82, 2.24) is 0 Å². The molecule has 1 aromatic carbocycles. The number of halogens is 1. The van der Waals surface area contributed by atoms with Gasteiger partial charge in [-0.2, -0.15) is 0 Å². The molecule has 1 rings (SSSR count). The second-order valence-corrected chi connectivity index (χ2v) is 3.40. The quantitative estimate of drug-likeness (QED) is 0.509. The van der Waals surface area contributed by atoms with Gasteiger partial charge in [0, 0.05) is 17.3 Å². The SMILES string of the molecule is CC(C)Nc1ccc(F)cc1C(=N)N. The fourth-order valence-electron chi connectivity index (χ4n) is 1.18. The molecule has 0 fully saturated rings. The Morgan fingerprint density at radius 3 is 2.64 bits per heavy atom. The third-order valence-electron chi connectivity index (χ3n) is 1.72. The molecule has 0 heterocycles. The first-order valence-corrected chi connectivity index (χ1v) is 4.41. The minimum atomic E-state index is -0.385. The summed E-state index contributed by atoms with van der Waals surface area (Å²) < 4.78 is 12.9. The second-order valence-electron chi connectivity index (χ2n) is 3.40. The second kappa shape index (κ2) is 4.09. The van der Waals surface area contributed by atoms with Crippen molar-refractivity contribution in [3.63, 3.8) is 0 Å². The van der Waals surface area contributed by atoms with Crippen LogP contribution in [-0.2, 0) is 0 Å². The van der Waals surface area contributed by atoms with Gasteiger partial charge in [0.2, 0.25) is 0 Å². The number of hydrogen-bond donors (Lipinski definition) is 3. The zero-order chi connectivity index (χ0) is 10.7. The Kier molecular flexibility index (Phi) is 3.06. The lowest BCUT2D eigenvalue weighted by Gasteiger charge is -2.13. The highest BCUT2D eigenvalue weighted by atomic mass is 19.1. The molecule has 0 bridgehead atoms. The molecule has 0 atom stereocenters. The molecule has 0 saturated heterocycles. The smallest absolute Gasteiger partial charge is 0.124 e. The zero-order valence-electron chi connectivity index (χ0n) is 8.26. The highest BCUT2D eigenvalue weighted by molar-refractivity contribution is 6.00. The zero-order valence-corrected chi connectivity index (χ0v) is 8.26. The monoisotopic (exact) mass is 195 g/mol. The summed E-state index contributed by atoms with van der Waals surface area (Å²) in [6.07, 6.45) is 0. The molecule has 3 nitrogen and oxygen atoms in total. The molecule has 0 saturated carbocycles. The molecule has 0 unspecified atom stereocenters. The van der Waals surface area contributed by atoms with Crippen LogP contribution in [0.3, 0.4) is 0 Å². The van der Waals surface area contributed by atoms with Crippen LogP contribution < -0.4 is 11.1 Å². The Bertz CT molecular complexity index is 347. The van der Waals surface area contributed by atoms with E-state index in [0.29, 0.717) is 11.3 Å². The maximum atomic E-state index is 12.9. The fraction of sp³-hybridized carbons (Fsp3) is 0.300. The highest BCUT2D eigenvalue weighted by Gasteiger charge is 2.07. The molecule has 0 amide bonds. The first-order valence-electron chi connectivity index (χ1n) is 4.41. The molecule has 4 N–H and O–H groups in total. The van der Waals surface area contributed by atoms with E-state index < -0.39 is 0 Å². The van der Waals surface area contributed by atoms with Crippen molar-refractivity contribution in [2.45, 2.75) is 19.9 Å². The first-order chi connectivity index (χ1) is 6.50. The molecule has 0 aromatic heterocycles. The number of nitrogen functional groups attached to an aromatic ring is 1. The Balaban J connectivity index is 3.08. The highest BCUT2D eigenvalue weighted by Crippen LogP contribution is 2.17. The van der Waals surface area contributed by atoms with Crippen molar-refractivity contribution < 1.29 is 4.39 Å². The number of amidine groups is 1. The van der Waals surface area contributed by atoms with Crippen molar-refractivity contribution in [3.8, 4) is 0 Å². The molecule has 14 heavy (non-hydrogen) atoms. The van der Waals surface area contributed by atoms with Crippen LogP contribution in [-0.4, -0.2) is 11.9 Å². The van der Waals surface area contributed by atoms with E-state index in [-0.39, 0.29) is 17.7 Å². The van der Waals surface area contributed by atoms with Gasteiger partial charge in [-0.05, 0) is 32.0 Å². The Morgan fingerprint density at radius 1 is 1.50 bits per heavy atom. The van der Waals surface area contributed by atoms with E-state index in [4.69, 9.17) is 11.1 Å². The van der Waals surface area contributed by atoms with Crippen LogP contribution in [0.5, 0.6) is 0 Å². The fourth-order valence-corrected chi connectivity index (χ4v) is 1.18. The molecular formula is C10H14FN3. The van der Waals surface area contributed by atoms with Crippen LogP contribution in [0.25, 0.3) is 0 Å². The summed E-state index contributed by atoms with van der Waals surface area (Å²) in [5, 5.41) is 10.4. The van der Waals surface area contributed by atoms with Crippen LogP contribution in [0.1, 0.15) is 19.4 Å². The van der Waals surface area contributed by atoms with Gasteiger partial charge in [0.1, 0.15) is 11.7 Å². The van der Waals surface area contributed by atoms with Gasteiger partial charge in [0.05, 0.1) is 0 Å². The Labute approximate surface area is 82.6 Å². The summed E-state index contributed by atoms with van der Waals surface area (Å²) in [5.41, 5.74) is 6.43. The van der Waals surface area contributed by atoms with E-state index in [1.165, 1.54) is 12.1 Å². The van der Waals surface area contributed by atoms with Gasteiger partial charge in [-0.3, -0.25) is 5.41 Å². The van der Waals surface area contributed by atoms with Crippen LogP contribution >= 0.6 is 0 Å². The number of benzene rings is 1. The maximum absolute atomic E-state index is 12.9. The molecule has 0 aliphatic rings. The molecule has 0 aliphatic heterocycles. The normalized spacial score (nSPS) is 10.3. The standard InChI is InChI=1S/C10H14FN3/c1-6(2)14-9-4-3-7(11)5-8(9)10(12)13/h3-6,14H,1-2H3,(H3,12,13). The van der Waals surface area contributed by atoms with Crippen LogP contribution in [0.4, 0.5) is 10.1 Å². The Hall–Kier alpha value is -1.58. The molecule has 76 valence electrons. The number of hydrogen-bond acceptors (Lipinski definition) is 2. The summed E-state index contributed by atoms with van der Waals surface area (Å²) in [7, 11) is 0. The van der Waals surface area contributed by atoms with Gasteiger partial charge in [-0.1, -0.05) is 0 Å². The van der Waals surface area contributed by atoms with Crippen molar-refractivity contribution in [2.24, 2.45) is 5.73 Å². The molecule has 0 radical (unpaired) electrons. The van der Waals surface area contributed by atoms with Gasteiger partial charge < -0.3 is 11.1 Å². The molecular weight excluding hydrogens is 181 g/mol. The van der Waals surface area contributed by atoms with Crippen molar-refractivity contribution in [1.29, 1.82) is 5.41 Å². The number of nitrogens with one attached hydrogen (secondary N) is 2. The van der Waals surface area contributed by atoms with Gasteiger partial charge in [0.25, 0.3) is 0 Å². The van der Waals surface area contributed by atoms with Gasteiger partial charge in [0.15, 0.2) is 0 Å². The maximum Gasteiger partial charge on any atom is 0.124 e. The van der Waals surface area contributed by atoms with Crippen LogP contribution in [0, 0.1) is 11.2 Å². The number of rotatable bonds is 3. The number of anilines is 1. The van der Waals surface area contributed by atoms with E-state index in [9.17, 15) is 4.39 Å². The van der Waals surface area contributed by atoms with Gasteiger partial charge in [-0.15, -0.1) is 0 Å². The minimum Gasteiger partial charge on any atom is -0.384 e. The van der Waals surface area contributed by atoms with E-state index in [1.54, 1.807) is 6.07 Å². The summed E-state index contributed by atoms with van der Waals surface area (Å²) >= 11 is 0. The van der Waals surface area contributed by atoms with Gasteiger partial charge in [-0.25, -0.2) is 4.39 Å². The van der Waals surface area contributed by atoms with E-state index in [2.05, 4.69) is 5.32 Å². The summed E-state index contributed by atoms with van der Waals surface area (Å²) in [6, 6.07) is 4.41. The molecule has 0 spiro atoms. The van der Waals surface area contributed by atoms with E-state index >= 15 is 0 Å². The first kappa shape index (κ1) is 10.5. The molecule has 1 aromatic rings. The lowest BCUT2D eigenvalue weighted by Crippen LogP contribution is -2.18. The summed E-state index contributed by atoms with van der Waals surface area (Å²) in [6.45, 7) is 3.93. The average Bonchev–Trinajstić information content (AvgIpc) is 2.07. The third kappa shape index (κ3) is 2.45. The van der Waals surface area contributed by atoms with Crippen molar-refractivity contribution in [2.75, 3.05) is 5.32 Å². The largest absolute Gasteiger partial charge is 0.384 e. The third-order valence-corrected chi connectivity index (χ3v) is 1.72. The topological polar surface area (TPSA) is 61.9 Å². The predicted molar refractivity (Wildman–Crippen MR) is 56.2 cm³/mol. The van der Waals surface area contributed by atoms with Gasteiger partial charge >= 0.3 is 0 Å². The lowest BCUT2D eigenvalue weighted by atomic mass is 10.1. The Morgan fingerprint density at radius 2 is 2.14 bits per heavy atom. The number of nitrogens with two attached hydrogens (primary N) is 1. The molecule has 0 aliphatic carbocycles. The minimum absolute atomic E-state index is 0.132. The summed E-state index contributed by atoms with van der Waals surface area (Å²) in [4.78, 5) is 0. The summed E-state index contributed by atoms with van der Waals surface area (Å²) in [5.74, 6) is -0.517. The lowest BCUT2D eigenvalue weighted by molar-refractivity contribution is 0.627.